The van der Waals surface area contributed by atoms with Crippen LogP contribution in [0.25, 0.3) is 0 Å². The second-order valence-electron chi connectivity index (χ2n) is 4.05. The van der Waals surface area contributed by atoms with Crippen LogP contribution in [0.4, 0.5) is 0 Å². The fraction of sp³-hybridized carbons (Fsp3) is 0.615. The molecule has 17 heavy (non-hydrogen) atoms. The Bertz CT molecular complexity index is 310. The highest BCUT2D eigenvalue weighted by atomic mass is 16.5. The molecule has 4 heteroatoms. The summed E-state index contributed by atoms with van der Waals surface area (Å²) in [6, 6.07) is 4.26. The van der Waals surface area contributed by atoms with Gasteiger partial charge in [-0.3, -0.25) is 4.98 Å². The van der Waals surface area contributed by atoms with Crippen LogP contribution in [0.15, 0.2) is 18.3 Å². The molecule has 2 unspecified atom stereocenters. The predicted octanol–water partition coefficient (Wildman–Crippen LogP) is 2.17. The summed E-state index contributed by atoms with van der Waals surface area (Å²) in [7, 11) is 3.61. The SMILES string of the molecule is CCC(NC)c1ccc(OC(C)COC)cn1. The molecule has 1 heterocycles. The van der Waals surface area contributed by atoms with Gasteiger partial charge in [0.1, 0.15) is 11.9 Å². The summed E-state index contributed by atoms with van der Waals surface area (Å²) in [5.41, 5.74) is 1.04. The summed E-state index contributed by atoms with van der Waals surface area (Å²) in [4.78, 5) is 4.41. The Morgan fingerprint density at radius 2 is 2.18 bits per heavy atom. The number of pyridine rings is 1. The van der Waals surface area contributed by atoms with Gasteiger partial charge in [-0.1, -0.05) is 6.92 Å². The van der Waals surface area contributed by atoms with Crippen molar-refractivity contribution in [1.82, 2.24) is 10.3 Å². The number of nitrogens with zero attached hydrogens (tertiary/aromatic N) is 1. The molecule has 0 saturated carbocycles. The van der Waals surface area contributed by atoms with Crippen LogP contribution in [0.3, 0.4) is 0 Å². The monoisotopic (exact) mass is 238 g/mol. The third kappa shape index (κ3) is 4.32. The van der Waals surface area contributed by atoms with Crippen molar-refractivity contribution in [3.8, 4) is 5.75 Å². The summed E-state index contributed by atoms with van der Waals surface area (Å²) < 4.78 is 10.7. The second-order valence-corrected chi connectivity index (χ2v) is 4.05. The first-order chi connectivity index (χ1) is 8.21. The van der Waals surface area contributed by atoms with Gasteiger partial charge in [-0.15, -0.1) is 0 Å². The minimum Gasteiger partial charge on any atom is -0.487 e. The van der Waals surface area contributed by atoms with Crippen LogP contribution in [0.2, 0.25) is 0 Å². The van der Waals surface area contributed by atoms with Crippen LogP contribution in [0.5, 0.6) is 5.75 Å². The van der Waals surface area contributed by atoms with Crippen molar-refractivity contribution in [2.24, 2.45) is 0 Å². The Balaban J connectivity index is 2.61. The lowest BCUT2D eigenvalue weighted by Crippen LogP contribution is -2.19. The Morgan fingerprint density at radius 1 is 1.41 bits per heavy atom. The maximum atomic E-state index is 5.65. The first kappa shape index (κ1) is 13.9. The zero-order chi connectivity index (χ0) is 12.7. The molecule has 0 aliphatic carbocycles. The largest absolute Gasteiger partial charge is 0.487 e. The van der Waals surface area contributed by atoms with Crippen LogP contribution >= 0.6 is 0 Å². The molecular formula is C13H22N2O2. The third-order valence-electron chi connectivity index (χ3n) is 2.61. The van der Waals surface area contributed by atoms with E-state index in [0.29, 0.717) is 12.6 Å². The van der Waals surface area contributed by atoms with Gasteiger partial charge in [-0.05, 0) is 32.5 Å². The van der Waals surface area contributed by atoms with Crippen molar-refractivity contribution in [3.63, 3.8) is 0 Å². The molecule has 0 aromatic carbocycles. The van der Waals surface area contributed by atoms with Gasteiger partial charge >= 0.3 is 0 Å². The lowest BCUT2D eigenvalue weighted by molar-refractivity contribution is 0.0918. The van der Waals surface area contributed by atoms with Gasteiger partial charge in [0.05, 0.1) is 18.5 Å². The number of hydrogen-bond donors (Lipinski definition) is 1. The van der Waals surface area contributed by atoms with Gasteiger partial charge in [-0.25, -0.2) is 0 Å². The molecule has 1 N–H and O–H groups in total. The van der Waals surface area contributed by atoms with E-state index in [-0.39, 0.29) is 6.10 Å². The van der Waals surface area contributed by atoms with Crippen LogP contribution in [0.1, 0.15) is 32.0 Å². The van der Waals surface area contributed by atoms with Crippen LogP contribution in [-0.4, -0.2) is 31.9 Å². The van der Waals surface area contributed by atoms with Gasteiger partial charge in [0.2, 0.25) is 0 Å². The maximum absolute atomic E-state index is 5.65. The molecule has 0 bridgehead atoms. The Morgan fingerprint density at radius 3 is 2.65 bits per heavy atom. The summed E-state index contributed by atoms with van der Waals surface area (Å²) in [5, 5.41) is 3.23. The maximum Gasteiger partial charge on any atom is 0.138 e. The van der Waals surface area contributed by atoms with Crippen molar-refractivity contribution in [3.05, 3.63) is 24.0 Å². The van der Waals surface area contributed by atoms with E-state index in [0.717, 1.165) is 17.9 Å². The molecule has 0 radical (unpaired) electrons. The molecule has 0 saturated heterocycles. The molecule has 0 aliphatic rings. The van der Waals surface area contributed by atoms with E-state index in [1.165, 1.54) is 0 Å². The Labute approximate surface area is 103 Å². The highest BCUT2D eigenvalue weighted by Crippen LogP contribution is 2.17. The smallest absolute Gasteiger partial charge is 0.138 e. The van der Waals surface area contributed by atoms with E-state index in [1.54, 1.807) is 13.3 Å². The molecule has 1 aromatic heterocycles. The fourth-order valence-corrected chi connectivity index (χ4v) is 1.73. The molecule has 0 fully saturated rings. The lowest BCUT2D eigenvalue weighted by Gasteiger charge is -2.16. The van der Waals surface area contributed by atoms with Crippen LogP contribution in [0, 0.1) is 0 Å². The van der Waals surface area contributed by atoms with E-state index >= 15 is 0 Å². The average molecular weight is 238 g/mol. The van der Waals surface area contributed by atoms with Crippen molar-refractivity contribution >= 4 is 0 Å². The molecule has 4 nitrogen and oxygen atoms in total. The number of ether oxygens (including phenoxy) is 2. The molecule has 96 valence electrons. The van der Waals surface area contributed by atoms with E-state index in [2.05, 4.69) is 17.2 Å². The normalized spacial score (nSPS) is 14.4. The van der Waals surface area contributed by atoms with Gasteiger partial charge in [0, 0.05) is 13.2 Å². The quantitative estimate of drug-likeness (QED) is 0.790. The molecule has 1 rings (SSSR count). The van der Waals surface area contributed by atoms with Gasteiger partial charge in [0.25, 0.3) is 0 Å². The van der Waals surface area contributed by atoms with Crippen molar-refractivity contribution in [2.45, 2.75) is 32.4 Å². The summed E-state index contributed by atoms with van der Waals surface area (Å²) in [6.45, 7) is 4.68. The van der Waals surface area contributed by atoms with Crippen LogP contribution in [-0.2, 0) is 4.74 Å². The van der Waals surface area contributed by atoms with Gasteiger partial charge in [0.15, 0.2) is 0 Å². The average Bonchev–Trinajstić information content (AvgIpc) is 2.33. The van der Waals surface area contributed by atoms with Crippen LogP contribution < -0.4 is 10.1 Å². The first-order valence-electron chi connectivity index (χ1n) is 6.00. The summed E-state index contributed by atoms with van der Waals surface area (Å²) in [5.74, 6) is 0.782. The zero-order valence-corrected chi connectivity index (χ0v) is 11.1. The van der Waals surface area contributed by atoms with Gasteiger partial charge in [-0.2, -0.15) is 0 Å². The highest BCUT2D eigenvalue weighted by Gasteiger charge is 2.09. The third-order valence-corrected chi connectivity index (χ3v) is 2.61. The van der Waals surface area contributed by atoms with Crippen molar-refractivity contribution in [2.75, 3.05) is 20.8 Å². The number of nitrogens with one attached hydrogen (secondary N) is 1. The summed E-state index contributed by atoms with van der Waals surface area (Å²) >= 11 is 0. The topological polar surface area (TPSA) is 43.4 Å². The second kappa shape index (κ2) is 7.25. The van der Waals surface area contributed by atoms with E-state index in [4.69, 9.17) is 9.47 Å². The van der Waals surface area contributed by atoms with E-state index in [9.17, 15) is 0 Å². The standard InChI is InChI=1S/C13H22N2O2/c1-5-12(14-3)13-7-6-11(8-15-13)17-10(2)9-16-4/h6-8,10,12,14H,5,9H2,1-4H3. The van der Waals surface area contributed by atoms with Gasteiger partial charge < -0.3 is 14.8 Å². The number of aromatic nitrogens is 1. The molecule has 0 amide bonds. The van der Waals surface area contributed by atoms with Crippen molar-refractivity contribution in [1.29, 1.82) is 0 Å². The van der Waals surface area contributed by atoms with E-state index < -0.39 is 0 Å². The van der Waals surface area contributed by atoms with E-state index in [1.807, 2.05) is 26.1 Å². The molecule has 0 spiro atoms. The predicted molar refractivity (Wildman–Crippen MR) is 68.3 cm³/mol. The molecular weight excluding hydrogens is 216 g/mol. The number of methoxy groups -OCH3 is 1. The Kier molecular flexibility index (Phi) is 5.94. The highest BCUT2D eigenvalue weighted by molar-refractivity contribution is 5.21. The number of rotatable bonds is 7. The zero-order valence-electron chi connectivity index (χ0n) is 11.1. The Hall–Kier alpha value is -1.13. The fourth-order valence-electron chi connectivity index (χ4n) is 1.73. The molecule has 0 aliphatic heterocycles. The summed E-state index contributed by atoms with van der Waals surface area (Å²) in [6.07, 6.45) is 2.82. The molecule has 1 aromatic rings. The van der Waals surface area contributed by atoms with Crippen molar-refractivity contribution < 1.29 is 9.47 Å². The lowest BCUT2D eigenvalue weighted by atomic mass is 10.1. The molecule has 2 atom stereocenters. The number of hydrogen-bond acceptors (Lipinski definition) is 4. The first-order valence-corrected chi connectivity index (χ1v) is 6.00. The minimum absolute atomic E-state index is 0.0407. The minimum atomic E-state index is 0.0407.